The Bertz CT molecular complexity index is 1630. The molecule has 0 spiro atoms. The molecular formula is C28H20N6O2S. The minimum atomic E-state index is -0.530. The van der Waals surface area contributed by atoms with Gasteiger partial charge in [-0.25, -0.2) is 4.98 Å². The molecule has 5 aromatic rings. The topological polar surface area (TPSA) is 120 Å². The van der Waals surface area contributed by atoms with Crippen molar-refractivity contribution in [3.8, 4) is 22.4 Å². The number of hydrogen-bond donors (Lipinski definition) is 2. The molecule has 0 radical (unpaired) electrons. The van der Waals surface area contributed by atoms with E-state index >= 15 is 0 Å². The Morgan fingerprint density at radius 3 is 2.14 bits per heavy atom. The molecule has 0 unspecified atom stereocenters. The number of thiophene rings is 1. The lowest BCUT2D eigenvalue weighted by Gasteiger charge is -2.11. The lowest BCUT2D eigenvalue weighted by molar-refractivity contribution is -0.114. The number of fused-ring (bicyclic) bond motifs is 1. The molecule has 0 saturated carbocycles. The van der Waals surface area contributed by atoms with Gasteiger partial charge in [0.15, 0.2) is 0 Å². The van der Waals surface area contributed by atoms with Crippen molar-refractivity contribution >= 4 is 44.7 Å². The van der Waals surface area contributed by atoms with Crippen molar-refractivity contribution in [3.63, 3.8) is 0 Å². The summed E-state index contributed by atoms with van der Waals surface area (Å²) >= 11 is 1.19. The van der Waals surface area contributed by atoms with Crippen molar-refractivity contribution in [2.75, 3.05) is 17.2 Å². The van der Waals surface area contributed by atoms with Crippen LogP contribution in [0.2, 0.25) is 0 Å². The lowest BCUT2D eigenvalue weighted by atomic mass is 9.99. The van der Waals surface area contributed by atoms with E-state index in [0.29, 0.717) is 26.5 Å². The summed E-state index contributed by atoms with van der Waals surface area (Å²) in [5.74, 6) is -0.911. The van der Waals surface area contributed by atoms with Gasteiger partial charge in [0.05, 0.1) is 11.4 Å². The van der Waals surface area contributed by atoms with Gasteiger partial charge in [-0.05, 0) is 34.9 Å². The van der Waals surface area contributed by atoms with Crippen LogP contribution in [0.25, 0.3) is 43.0 Å². The monoisotopic (exact) mass is 504 g/mol. The minimum Gasteiger partial charge on any atom is -0.324 e. The number of anilines is 2. The molecule has 5 rings (SSSR count). The lowest BCUT2D eigenvalue weighted by Crippen LogP contribution is -2.18. The molecule has 37 heavy (non-hydrogen) atoms. The standard InChI is InChI=1S/C28H20N6O2S/c29-34-30-17-23(35)33-25-24-21(18-10-4-1-5-11-18)16-22(19-12-6-2-7-13-19)32-28(24)37-26(25)27(36)31-20-14-8-3-9-15-20/h1-16H,17H2,(H,31,36)(H,33,35). The van der Waals surface area contributed by atoms with E-state index in [4.69, 9.17) is 10.5 Å². The second-order valence-corrected chi connectivity index (χ2v) is 9.03. The largest absolute Gasteiger partial charge is 0.324 e. The molecule has 0 saturated heterocycles. The van der Waals surface area contributed by atoms with Gasteiger partial charge < -0.3 is 10.6 Å². The SMILES string of the molecule is [N-]=[N+]=NCC(=O)Nc1c(C(=O)Nc2ccccc2)sc2nc(-c3ccccc3)cc(-c3ccccc3)c12. The third-order valence-corrected chi connectivity index (χ3v) is 6.68. The molecule has 2 aromatic heterocycles. The number of nitrogens with zero attached hydrogens (tertiary/aromatic N) is 4. The van der Waals surface area contributed by atoms with Crippen LogP contribution in [0.5, 0.6) is 0 Å². The minimum absolute atomic E-state index is 0.294. The van der Waals surface area contributed by atoms with E-state index in [1.165, 1.54) is 11.3 Å². The molecule has 3 aromatic carbocycles. The molecule has 0 bridgehead atoms. The highest BCUT2D eigenvalue weighted by Gasteiger charge is 2.25. The van der Waals surface area contributed by atoms with Crippen LogP contribution in [-0.4, -0.2) is 23.3 Å². The zero-order chi connectivity index (χ0) is 25.6. The molecule has 180 valence electrons. The third-order valence-electron chi connectivity index (χ3n) is 5.60. The molecule has 8 nitrogen and oxygen atoms in total. The van der Waals surface area contributed by atoms with Crippen LogP contribution in [0.4, 0.5) is 11.4 Å². The first kappa shape index (κ1) is 23.7. The highest BCUT2D eigenvalue weighted by Crippen LogP contribution is 2.43. The summed E-state index contributed by atoms with van der Waals surface area (Å²) in [5.41, 5.74) is 13.0. The Morgan fingerprint density at radius 2 is 1.49 bits per heavy atom. The Balaban J connectivity index is 1.73. The Labute approximate surface area is 216 Å². The summed E-state index contributed by atoms with van der Waals surface area (Å²) in [6.45, 7) is -0.399. The number of amides is 2. The van der Waals surface area contributed by atoms with E-state index in [2.05, 4.69) is 20.7 Å². The Hall–Kier alpha value is -4.98. The van der Waals surface area contributed by atoms with E-state index < -0.39 is 12.5 Å². The van der Waals surface area contributed by atoms with Crippen LogP contribution in [0.15, 0.2) is 102 Å². The van der Waals surface area contributed by atoms with Gasteiger partial charge in [0.2, 0.25) is 5.91 Å². The number of rotatable bonds is 7. The van der Waals surface area contributed by atoms with E-state index in [9.17, 15) is 9.59 Å². The van der Waals surface area contributed by atoms with Crippen molar-refractivity contribution < 1.29 is 9.59 Å². The molecule has 0 aliphatic carbocycles. The first-order valence-electron chi connectivity index (χ1n) is 11.4. The molecule has 2 amide bonds. The average Bonchev–Trinajstić information content (AvgIpc) is 3.31. The van der Waals surface area contributed by atoms with Crippen molar-refractivity contribution in [2.24, 2.45) is 5.11 Å². The first-order chi connectivity index (χ1) is 18.1. The van der Waals surface area contributed by atoms with Gasteiger partial charge in [0.25, 0.3) is 5.91 Å². The van der Waals surface area contributed by atoms with E-state index in [1.54, 1.807) is 12.1 Å². The van der Waals surface area contributed by atoms with Crippen molar-refractivity contribution in [2.45, 2.75) is 0 Å². The maximum Gasteiger partial charge on any atom is 0.267 e. The normalized spacial score (nSPS) is 10.5. The van der Waals surface area contributed by atoms with Crippen molar-refractivity contribution in [3.05, 3.63) is 112 Å². The van der Waals surface area contributed by atoms with Gasteiger partial charge >= 0.3 is 0 Å². The van der Waals surface area contributed by atoms with Gasteiger partial charge in [-0.3, -0.25) is 9.59 Å². The number of para-hydroxylation sites is 1. The van der Waals surface area contributed by atoms with Gasteiger partial charge in [-0.15, -0.1) is 11.3 Å². The summed E-state index contributed by atoms with van der Waals surface area (Å²) in [6.07, 6.45) is 0. The first-order valence-corrected chi connectivity index (χ1v) is 12.2. The number of carbonyl (C=O) groups is 2. The molecule has 0 atom stereocenters. The zero-order valence-electron chi connectivity index (χ0n) is 19.5. The summed E-state index contributed by atoms with van der Waals surface area (Å²) in [4.78, 5) is 34.5. The fourth-order valence-corrected chi connectivity index (χ4v) is 5.01. The predicted octanol–water partition coefficient (Wildman–Crippen LogP) is 7.13. The van der Waals surface area contributed by atoms with Crippen LogP contribution in [0.3, 0.4) is 0 Å². The fourth-order valence-electron chi connectivity index (χ4n) is 3.96. The van der Waals surface area contributed by atoms with Crippen LogP contribution < -0.4 is 10.6 Å². The number of carbonyl (C=O) groups excluding carboxylic acids is 2. The summed E-state index contributed by atoms with van der Waals surface area (Å²) < 4.78 is 0. The number of benzene rings is 3. The molecule has 0 aliphatic heterocycles. The molecule has 2 N–H and O–H groups in total. The molecule has 0 fully saturated rings. The van der Waals surface area contributed by atoms with Crippen LogP contribution in [0, 0.1) is 0 Å². The van der Waals surface area contributed by atoms with Gasteiger partial charge in [0.1, 0.15) is 16.3 Å². The molecule has 0 aliphatic rings. The average molecular weight is 505 g/mol. The Morgan fingerprint density at radius 1 is 0.865 bits per heavy atom. The predicted molar refractivity (Wildman–Crippen MR) is 148 cm³/mol. The Kier molecular flexibility index (Phi) is 6.89. The number of pyridine rings is 1. The maximum absolute atomic E-state index is 13.4. The van der Waals surface area contributed by atoms with Crippen molar-refractivity contribution in [1.29, 1.82) is 0 Å². The van der Waals surface area contributed by atoms with Crippen molar-refractivity contribution in [1.82, 2.24) is 4.98 Å². The summed E-state index contributed by atoms with van der Waals surface area (Å²) in [6, 6.07) is 30.5. The smallest absolute Gasteiger partial charge is 0.267 e. The molecular weight excluding hydrogens is 484 g/mol. The fraction of sp³-hybridized carbons (Fsp3) is 0.0357. The van der Waals surface area contributed by atoms with Crippen LogP contribution >= 0.6 is 11.3 Å². The molecule has 9 heteroatoms. The van der Waals surface area contributed by atoms with E-state index in [1.807, 2.05) is 84.9 Å². The van der Waals surface area contributed by atoms with Crippen LogP contribution in [-0.2, 0) is 4.79 Å². The zero-order valence-corrected chi connectivity index (χ0v) is 20.3. The van der Waals surface area contributed by atoms with Crippen LogP contribution in [0.1, 0.15) is 9.67 Å². The highest BCUT2D eigenvalue weighted by molar-refractivity contribution is 7.21. The summed E-state index contributed by atoms with van der Waals surface area (Å²) in [5, 5.41) is 9.71. The van der Waals surface area contributed by atoms with Gasteiger partial charge in [-0.1, -0.05) is 84.0 Å². The quantitative estimate of drug-likeness (QED) is 0.139. The molecule has 2 heterocycles. The second-order valence-electron chi connectivity index (χ2n) is 8.03. The van der Waals surface area contributed by atoms with Gasteiger partial charge in [-0.2, -0.15) is 0 Å². The maximum atomic E-state index is 13.4. The number of hydrogen-bond acceptors (Lipinski definition) is 5. The van der Waals surface area contributed by atoms with Gasteiger partial charge in [0, 0.05) is 21.5 Å². The van der Waals surface area contributed by atoms with E-state index in [0.717, 1.165) is 22.4 Å². The number of nitrogens with one attached hydrogen (secondary N) is 2. The number of aromatic nitrogens is 1. The highest BCUT2D eigenvalue weighted by atomic mass is 32.1. The van der Waals surface area contributed by atoms with E-state index in [-0.39, 0.29) is 5.91 Å². The number of azide groups is 1. The second kappa shape index (κ2) is 10.7. The third kappa shape index (κ3) is 5.18. The summed E-state index contributed by atoms with van der Waals surface area (Å²) in [7, 11) is 0.